The van der Waals surface area contributed by atoms with Crippen LogP contribution in [0, 0.1) is 5.82 Å². The van der Waals surface area contributed by atoms with Gasteiger partial charge in [-0.1, -0.05) is 12.1 Å². The van der Waals surface area contributed by atoms with Crippen molar-refractivity contribution in [3.8, 4) is 0 Å². The van der Waals surface area contributed by atoms with Crippen LogP contribution >= 0.6 is 0 Å². The lowest BCUT2D eigenvalue weighted by Crippen LogP contribution is -2.26. The predicted octanol–water partition coefficient (Wildman–Crippen LogP) is 3.04. The number of halogens is 1. The summed E-state index contributed by atoms with van der Waals surface area (Å²) in [6.45, 7) is 0. The number of nitrogens with one attached hydrogen (secondary N) is 2. The minimum atomic E-state index is -0.372. The summed E-state index contributed by atoms with van der Waals surface area (Å²) in [6.07, 6.45) is 2.01. The third-order valence-electron chi connectivity index (χ3n) is 3.34. The first-order chi connectivity index (χ1) is 10.1. The molecule has 0 heterocycles. The van der Waals surface area contributed by atoms with Gasteiger partial charge in [-0.15, -0.1) is 0 Å². The standard InChI is InChI=1S/C16H16FN3O/c17-13-3-1-2-4-15(13)20-14-8-5-10(18)9-12(14)16(21)19-11-6-7-11/h1-5,8-9,11,20H,6-7,18H2,(H,19,21). The van der Waals surface area contributed by atoms with Crippen molar-refractivity contribution < 1.29 is 9.18 Å². The number of benzene rings is 2. The molecule has 4 nitrogen and oxygen atoms in total. The summed E-state index contributed by atoms with van der Waals surface area (Å²) in [5, 5.41) is 5.86. The molecule has 4 N–H and O–H groups in total. The summed E-state index contributed by atoms with van der Waals surface area (Å²) < 4.78 is 13.7. The minimum Gasteiger partial charge on any atom is -0.399 e. The maximum atomic E-state index is 13.7. The van der Waals surface area contributed by atoms with E-state index in [1.54, 1.807) is 36.4 Å². The van der Waals surface area contributed by atoms with E-state index in [1.807, 2.05) is 0 Å². The second-order valence-corrected chi connectivity index (χ2v) is 5.16. The van der Waals surface area contributed by atoms with E-state index < -0.39 is 0 Å². The van der Waals surface area contributed by atoms with Gasteiger partial charge in [0.25, 0.3) is 5.91 Å². The maximum absolute atomic E-state index is 13.7. The summed E-state index contributed by atoms with van der Waals surface area (Å²) in [5.74, 6) is -0.563. The SMILES string of the molecule is Nc1ccc(Nc2ccccc2F)c(C(=O)NC2CC2)c1. The summed E-state index contributed by atoms with van der Waals surface area (Å²) in [7, 11) is 0. The molecule has 0 bridgehead atoms. The Morgan fingerprint density at radius 3 is 2.62 bits per heavy atom. The van der Waals surface area contributed by atoms with Crippen LogP contribution in [0.4, 0.5) is 21.5 Å². The van der Waals surface area contributed by atoms with E-state index in [4.69, 9.17) is 5.73 Å². The fourth-order valence-corrected chi connectivity index (χ4v) is 2.06. The number of amides is 1. The van der Waals surface area contributed by atoms with Crippen molar-refractivity contribution in [3.05, 3.63) is 53.8 Å². The van der Waals surface area contributed by atoms with Crippen molar-refractivity contribution in [1.82, 2.24) is 5.32 Å². The Balaban J connectivity index is 1.90. The number of anilines is 3. The summed E-state index contributed by atoms with van der Waals surface area (Å²) in [6, 6.07) is 11.5. The number of hydrogen-bond donors (Lipinski definition) is 3. The van der Waals surface area contributed by atoms with Gasteiger partial charge in [-0.2, -0.15) is 0 Å². The van der Waals surface area contributed by atoms with E-state index in [0.717, 1.165) is 12.8 Å². The van der Waals surface area contributed by atoms with Gasteiger partial charge in [-0.25, -0.2) is 4.39 Å². The van der Waals surface area contributed by atoms with E-state index in [1.165, 1.54) is 6.07 Å². The van der Waals surface area contributed by atoms with Gasteiger partial charge in [0.1, 0.15) is 5.82 Å². The van der Waals surface area contributed by atoms with Crippen molar-refractivity contribution in [3.63, 3.8) is 0 Å². The van der Waals surface area contributed by atoms with E-state index in [0.29, 0.717) is 22.6 Å². The van der Waals surface area contributed by atoms with Crippen molar-refractivity contribution >= 4 is 23.0 Å². The fraction of sp³-hybridized carbons (Fsp3) is 0.188. The molecule has 5 heteroatoms. The maximum Gasteiger partial charge on any atom is 0.253 e. The Labute approximate surface area is 122 Å². The zero-order chi connectivity index (χ0) is 14.8. The average Bonchev–Trinajstić information content (AvgIpc) is 3.27. The minimum absolute atomic E-state index is 0.191. The van der Waals surface area contributed by atoms with E-state index in [9.17, 15) is 9.18 Å². The second kappa shape index (κ2) is 5.44. The van der Waals surface area contributed by atoms with Crippen LogP contribution in [-0.4, -0.2) is 11.9 Å². The van der Waals surface area contributed by atoms with Crippen molar-refractivity contribution in [2.45, 2.75) is 18.9 Å². The first kappa shape index (κ1) is 13.4. The van der Waals surface area contributed by atoms with Crippen LogP contribution in [0.1, 0.15) is 23.2 Å². The van der Waals surface area contributed by atoms with E-state index in [-0.39, 0.29) is 17.8 Å². The molecule has 0 aliphatic heterocycles. The molecule has 0 saturated heterocycles. The molecule has 0 atom stereocenters. The molecular formula is C16H16FN3O. The van der Waals surface area contributed by atoms with E-state index in [2.05, 4.69) is 10.6 Å². The Morgan fingerprint density at radius 2 is 1.90 bits per heavy atom. The van der Waals surface area contributed by atoms with Crippen molar-refractivity contribution in [2.75, 3.05) is 11.1 Å². The molecule has 2 aromatic carbocycles. The highest BCUT2D eigenvalue weighted by atomic mass is 19.1. The zero-order valence-electron chi connectivity index (χ0n) is 11.4. The third kappa shape index (κ3) is 3.13. The number of carbonyl (C=O) groups is 1. The van der Waals surface area contributed by atoms with Gasteiger partial charge in [-0.05, 0) is 43.2 Å². The average molecular weight is 285 g/mol. The number of para-hydroxylation sites is 1. The number of nitrogen functional groups attached to an aromatic ring is 1. The molecule has 108 valence electrons. The quantitative estimate of drug-likeness (QED) is 0.756. The first-order valence-electron chi connectivity index (χ1n) is 6.85. The third-order valence-corrected chi connectivity index (χ3v) is 3.34. The van der Waals surface area contributed by atoms with Crippen molar-refractivity contribution in [2.24, 2.45) is 0 Å². The Bertz CT molecular complexity index is 683. The molecule has 0 radical (unpaired) electrons. The molecule has 1 amide bonds. The molecule has 21 heavy (non-hydrogen) atoms. The first-order valence-corrected chi connectivity index (χ1v) is 6.85. The highest BCUT2D eigenvalue weighted by Crippen LogP contribution is 2.26. The summed E-state index contributed by atoms with van der Waals surface area (Å²) in [4.78, 5) is 12.2. The highest BCUT2D eigenvalue weighted by Gasteiger charge is 2.25. The Hall–Kier alpha value is -2.56. The van der Waals surface area contributed by atoms with Gasteiger partial charge in [0.2, 0.25) is 0 Å². The lowest BCUT2D eigenvalue weighted by atomic mass is 10.1. The van der Waals surface area contributed by atoms with Crippen LogP contribution in [0.2, 0.25) is 0 Å². The van der Waals surface area contributed by atoms with Crippen molar-refractivity contribution in [1.29, 1.82) is 0 Å². The van der Waals surface area contributed by atoms with Crippen LogP contribution in [0.3, 0.4) is 0 Å². The predicted molar refractivity (Wildman–Crippen MR) is 81.0 cm³/mol. The van der Waals surface area contributed by atoms with E-state index >= 15 is 0 Å². The van der Waals surface area contributed by atoms with Gasteiger partial charge < -0.3 is 16.4 Å². The van der Waals surface area contributed by atoms with Gasteiger partial charge in [0.05, 0.1) is 16.9 Å². The fourth-order valence-electron chi connectivity index (χ4n) is 2.06. The topological polar surface area (TPSA) is 67.1 Å². The number of hydrogen-bond acceptors (Lipinski definition) is 3. The zero-order valence-corrected chi connectivity index (χ0v) is 11.4. The summed E-state index contributed by atoms with van der Waals surface area (Å²) in [5.41, 5.74) is 7.53. The number of carbonyl (C=O) groups excluding carboxylic acids is 1. The lowest BCUT2D eigenvalue weighted by molar-refractivity contribution is 0.0952. The summed E-state index contributed by atoms with van der Waals surface area (Å²) >= 11 is 0. The molecule has 1 aliphatic rings. The van der Waals surface area contributed by atoms with Crippen LogP contribution in [0.15, 0.2) is 42.5 Å². The monoisotopic (exact) mass is 285 g/mol. The molecule has 3 rings (SSSR count). The van der Waals surface area contributed by atoms with Crippen LogP contribution < -0.4 is 16.4 Å². The molecular weight excluding hydrogens is 269 g/mol. The second-order valence-electron chi connectivity index (χ2n) is 5.16. The highest BCUT2D eigenvalue weighted by molar-refractivity contribution is 6.01. The molecule has 2 aromatic rings. The van der Waals surface area contributed by atoms with Gasteiger partial charge in [0, 0.05) is 11.7 Å². The largest absolute Gasteiger partial charge is 0.399 e. The smallest absolute Gasteiger partial charge is 0.253 e. The molecule has 0 unspecified atom stereocenters. The molecule has 1 fully saturated rings. The Morgan fingerprint density at radius 1 is 1.14 bits per heavy atom. The van der Waals surface area contributed by atoms with Crippen LogP contribution in [-0.2, 0) is 0 Å². The Kier molecular flexibility index (Phi) is 3.48. The normalized spacial score (nSPS) is 13.8. The van der Waals surface area contributed by atoms with Crippen LogP contribution in [0.25, 0.3) is 0 Å². The molecule has 0 spiro atoms. The molecule has 1 saturated carbocycles. The van der Waals surface area contributed by atoms with Crippen LogP contribution in [0.5, 0.6) is 0 Å². The van der Waals surface area contributed by atoms with Gasteiger partial charge >= 0.3 is 0 Å². The molecule has 1 aliphatic carbocycles. The number of nitrogens with two attached hydrogens (primary N) is 1. The van der Waals surface area contributed by atoms with Gasteiger partial charge in [-0.3, -0.25) is 4.79 Å². The number of rotatable bonds is 4. The lowest BCUT2D eigenvalue weighted by Gasteiger charge is -2.13. The molecule has 0 aromatic heterocycles. The van der Waals surface area contributed by atoms with Gasteiger partial charge in [0.15, 0.2) is 0 Å².